The van der Waals surface area contributed by atoms with Gasteiger partial charge in [-0.2, -0.15) is 0 Å². The average Bonchev–Trinajstić information content (AvgIpc) is 2.63. The molecule has 0 atom stereocenters. The molecule has 0 saturated carbocycles. The minimum Gasteiger partial charge on any atom is -0.497 e. The summed E-state index contributed by atoms with van der Waals surface area (Å²) in [7, 11) is 1.68. The highest BCUT2D eigenvalue weighted by atomic mass is 32.1. The first-order chi connectivity index (χ1) is 7.20. The molecule has 0 saturated heterocycles. The Morgan fingerprint density at radius 3 is 2.67 bits per heavy atom. The van der Waals surface area contributed by atoms with Crippen molar-refractivity contribution in [1.29, 1.82) is 0 Å². The van der Waals surface area contributed by atoms with E-state index >= 15 is 0 Å². The lowest BCUT2D eigenvalue weighted by atomic mass is 10.1. The number of pyridine rings is 1. The molecule has 0 aliphatic rings. The van der Waals surface area contributed by atoms with E-state index in [2.05, 4.69) is 23.4 Å². The Bertz CT molecular complexity index is 476. The van der Waals surface area contributed by atoms with Crippen LogP contribution < -0.4 is 4.74 Å². The van der Waals surface area contributed by atoms with E-state index in [9.17, 15) is 0 Å². The van der Waals surface area contributed by atoms with Gasteiger partial charge in [0.15, 0.2) is 0 Å². The van der Waals surface area contributed by atoms with Gasteiger partial charge in [0.1, 0.15) is 5.75 Å². The van der Waals surface area contributed by atoms with Crippen molar-refractivity contribution in [2.24, 2.45) is 0 Å². The van der Waals surface area contributed by atoms with Crippen LogP contribution in [0.5, 0.6) is 5.75 Å². The number of aryl methyl sites for hydroxylation is 2. The number of methoxy groups -OCH3 is 1. The number of nitrogens with zero attached hydrogens (tertiary/aromatic N) is 1. The van der Waals surface area contributed by atoms with E-state index in [0.29, 0.717) is 0 Å². The lowest BCUT2D eigenvalue weighted by molar-refractivity contribution is 0.414. The van der Waals surface area contributed by atoms with Crippen LogP contribution in [-0.2, 0) is 0 Å². The van der Waals surface area contributed by atoms with Crippen molar-refractivity contribution in [3.63, 3.8) is 0 Å². The molecule has 0 fully saturated rings. The number of hydrogen-bond donors (Lipinski definition) is 0. The van der Waals surface area contributed by atoms with Crippen LogP contribution in [0.25, 0.3) is 11.3 Å². The van der Waals surface area contributed by atoms with Gasteiger partial charge in [0.2, 0.25) is 0 Å². The van der Waals surface area contributed by atoms with E-state index < -0.39 is 0 Å². The summed E-state index contributed by atoms with van der Waals surface area (Å²) < 4.78 is 5.24. The molecule has 2 aromatic rings. The molecule has 2 rings (SSSR count). The number of aromatic nitrogens is 1. The molecular formula is C12H13NOS. The van der Waals surface area contributed by atoms with E-state index in [0.717, 1.165) is 17.1 Å². The zero-order chi connectivity index (χ0) is 10.8. The van der Waals surface area contributed by atoms with E-state index in [-0.39, 0.29) is 0 Å². The van der Waals surface area contributed by atoms with Gasteiger partial charge in [-0.3, -0.25) is 4.98 Å². The zero-order valence-electron chi connectivity index (χ0n) is 9.07. The molecule has 0 radical (unpaired) electrons. The number of rotatable bonds is 2. The summed E-state index contributed by atoms with van der Waals surface area (Å²) in [4.78, 5) is 5.80. The quantitative estimate of drug-likeness (QED) is 0.772. The zero-order valence-corrected chi connectivity index (χ0v) is 9.89. The van der Waals surface area contributed by atoms with Crippen LogP contribution >= 0.6 is 11.3 Å². The molecule has 2 heterocycles. The SMILES string of the molecule is COc1cc(C)nc(-c2ccsc2C)c1. The maximum atomic E-state index is 5.24. The summed E-state index contributed by atoms with van der Waals surface area (Å²) in [5, 5.41) is 2.08. The molecule has 0 aliphatic carbocycles. The molecule has 0 amide bonds. The van der Waals surface area contributed by atoms with Gasteiger partial charge in [-0.25, -0.2) is 0 Å². The van der Waals surface area contributed by atoms with Gasteiger partial charge in [0, 0.05) is 28.3 Å². The van der Waals surface area contributed by atoms with E-state index in [4.69, 9.17) is 4.74 Å². The van der Waals surface area contributed by atoms with Crippen molar-refractivity contribution in [3.8, 4) is 17.0 Å². The first-order valence-corrected chi connectivity index (χ1v) is 5.66. The monoisotopic (exact) mass is 219 g/mol. The summed E-state index contributed by atoms with van der Waals surface area (Å²) in [6.45, 7) is 4.09. The third kappa shape index (κ3) is 2.02. The summed E-state index contributed by atoms with van der Waals surface area (Å²) in [6.07, 6.45) is 0. The highest BCUT2D eigenvalue weighted by molar-refractivity contribution is 7.10. The molecule has 2 aromatic heterocycles. The normalized spacial score (nSPS) is 10.3. The van der Waals surface area contributed by atoms with Crippen LogP contribution in [0.4, 0.5) is 0 Å². The maximum Gasteiger partial charge on any atom is 0.122 e. The lowest BCUT2D eigenvalue weighted by Crippen LogP contribution is -1.90. The summed E-state index contributed by atoms with van der Waals surface area (Å²) in [5.41, 5.74) is 3.17. The van der Waals surface area contributed by atoms with Crippen LogP contribution in [0, 0.1) is 13.8 Å². The Kier molecular flexibility index (Phi) is 2.73. The molecule has 0 unspecified atom stereocenters. The van der Waals surface area contributed by atoms with Gasteiger partial charge in [-0.1, -0.05) is 0 Å². The molecule has 0 spiro atoms. The fraction of sp³-hybridized carbons (Fsp3) is 0.250. The van der Waals surface area contributed by atoms with E-state index in [1.54, 1.807) is 18.4 Å². The second kappa shape index (κ2) is 4.03. The molecule has 0 bridgehead atoms. The van der Waals surface area contributed by atoms with Crippen molar-refractivity contribution < 1.29 is 4.74 Å². The molecular weight excluding hydrogens is 206 g/mol. The van der Waals surface area contributed by atoms with Gasteiger partial charge in [0.05, 0.1) is 12.8 Å². The Morgan fingerprint density at radius 1 is 1.27 bits per heavy atom. The Balaban J connectivity index is 2.53. The molecule has 2 nitrogen and oxygen atoms in total. The predicted molar refractivity (Wildman–Crippen MR) is 63.6 cm³/mol. The van der Waals surface area contributed by atoms with Crippen LogP contribution in [0.15, 0.2) is 23.6 Å². The van der Waals surface area contributed by atoms with Gasteiger partial charge >= 0.3 is 0 Å². The average molecular weight is 219 g/mol. The van der Waals surface area contributed by atoms with Crippen molar-refractivity contribution in [1.82, 2.24) is 4.98 Å². The topological polar surface area (TPSA) is 22.1 Å². The van der Waals surface area contributed by atoms with Crippen molar-refractivity contribution in [2.45, 2.75) is 13.8 Å². The van der Waals surface area contributed by atoms with Gasteiger partial charge in [0.25, 0.3) is 0 Å². The van der Waals surface area contributed by atoms with Crippen molar-refractivity contribution in [2.75, 3.05) is 7.11 Å². The first kappa shape index (κ1) is 10.2. The Hall–Kier alpha value is -1.35. The summed E-state index contributed by atoms with van der Waals surface area (Å²) in [5.74, 6) is 0.864. The van der Waals surface area contributed by atoms with E-state index in [1.807, 2.05) is 19.1 Å². The first-order valence-electron chi connectivity index (χ1n) is 4.78. The Morgan fingerprint density at radius 2 is 2.07 bits per heavy atom. The Labute approximate surface area is 93.6 Å². The number of thiophene rings is 1. The van der Waals surface area contributed by atoms with Crippen LogP contribution in [0.3, 0.4) is 0 Å². The third-order valence-electron chi connectivity index (χ3n) is 2.30. The fourth-order valence-electron chi connectivity index (χ4n) is 1.54. The minimum atomic E-state index is 0.864. The molecule has 15 heavy (non-hydrogen) atoms. The minimum absolute atomic E-state index is 0.864. The predicted octanol–water partition coefficient (Wildman–Crippen LogP) is 3.44. The third-order valence-corrected chi connectivity index (χ3v) is 3.14. The van der Waals surface area contributed by atoms with Crippen molar-refractivity contribution in [3.05, 3.63) is 34.2 Å². The molecule has 0 N–H and O–H groups in total. The van der Waals surface area contributed by atoms with E-state index in [1.165, 1.54) is 10.4 Å². The second-order valence-electron chi connectivity index (χ2n) is 3.42. The second-order valence-corrected chi connectivity index (χ2v) is 4.54. The standard InChI is InChI=1S/C12H13NOS/c1-8-6-10(14-3)7-12(13-8)11-4-5-15-9(11)2/h4-7H,1-3H3. The van der Waals surface area contributed by atoms with Crippen molar-refractivity contribution >= 4 is 11.3 Å². The number of hydrogen-bond acceptors (Lipinski definition) is 3. The summed E-state index contributed by atoms with van der Waals surface area (Å²) >= 11 is 1.74. The smallest absolute Gasteiger partial charge is 0.122 e. The lowest BCUT2D eigenvalue weighted by Gasteiger charge is -2.05. The number of ether oxygens (including phenoxy) is 1. The van der Waals surface area contributed by atoms with Gasteiger partial charge < -0.3 is 4.74 Å². The molecule has 3 heteroatoms. The largest absolute Gasteiger partial charge is 0.497 e. The van der Waals surface area contributed by atoms with Crippen LogP contribution in [-0.4, -0.2) is 12.1 Å². The highest BCUT2D eigenvalue weighted by Gasteiger charge is 2.06. The van der Waals surface area contributed by atoms with Crippen LogP contribution in [0.1, 0.15) is 10.6 Å². The van der Waals surface area contributed by atoms with Gasteiger partial charge in [-0.05, 0) is 25.3 Å². The highest BCUT2D eigenvalue weighted by Crippen LogP contribution is 2.28. The molecule has 78 valence electrons. The molecule has 0 aliphatic heterocycles. The fourth-order valence-corrected chi connectivity index (χ4v) is 2.25. The maximum absolute atomic E-state index is 5.24. The van der Waals surface area contributed by atoms with Gasteiger partial charge in [-0.15, -0.1) is 11.3 Å². The summed E-state index contributed by atoms with van der Waals surface area (Å²) in [6, 6.07) is 6.01. The van der Waals surface area contributed by atoms with Crippen LogP contribution in [0.2, 0.25) is 0 Å². The molecule has 0 aromatic carbocycles.